The molecule has 5 aromatic rings. The van der Waals surface area contributed by atoms with Gasteiger partial charge in [0, 0.05) is 47.7 Å². The molecule has 11 nitrogen and oxygen atoms in total. The molecule has 55 heavy (non-hydrogen) atoms. The lowest BCUT2D eigenvalue weighted by Crippen LogP contribution is -2.64. The molecule has 0 radical (unpaired) electrons. The van der Waals surface area contributed by atoms with E-state index in [-0.39, 0.29) is 33.6 Å². The highest BCUT2D eigenvalue weighted by atomic mass is 32.1. The van der Waals surface area contributed by atoms with Crippen LogP contribution in [0.25, 0.3) is 32.6 Å². The molecule has 0 saturated heterocycles. The first-order valence-electron chi connectivity index (χ1n) is 19.5. The van der Waals surface area contributed by atoms with Gasteiger partial charge in [-0.15, -0.1) is 0 Å². The lowest BCUT2D eigenvalue weighted by Gasteiger charge is -2.69. The van der Waals surface area contributed by atoms with Crippen LogP contribution in [0.2, 0.25) is 0 Å². The van der Waals surface area contributed by atoms with Gasteiger partial charge in [0.1, 0.15) is 0 Å². The first-order valence-corrected chi connectivity index (χ1v) is 20.3. The van der Waals surface area contributed by atoms with E-state index in [9.17, 15) is 14.7 Å². The molecule has 4 heterocycles. The monoisotopic (exact) mass is 759 g/mol. The fourth-order valence-electron chi connectivity index (χ4n) is 11.7. The molecule has 2 unspecified atom stereocenters. The average Bonchev–Trinajstić information content (AvgIpc) is 3.71. The lowest BCUT2D eigenvalue weighted by molar-refractivity contribution is -0.247. The number of aromatic carboxylic acids is 1. The van der Waals surface area contributed by atoms with Crippen molar-refractivity contribution in [1.82, 2.24) is 25.1 Å². The SMILES string of the molecule is CNCCOC12CC3(C)CC(C)(CC(Cn4ncc(-c5ccc(-c6ccc7c(c6)N(C(=O)Nc6nc8ccccc8s6)CCC7)nc5C(=O)O)c4C)(C3)C1)C2. The quantitative estimate of drug-likeness (QED) is 0.121. The Morgan fingerprint density at radius 1 is 0.964 bits per heavy atom. The predicted molar refractivity (Wildman–Crippen MR) is 216 cm³/mol. The number of thiazole rings is 1. The maximum absolute atomic E-state index is 13.6. The maximum Gasteiger partial charge on any atom is 0.355 e. The third-order valence-corrected chi connectivity index (χ3v) is 13.6. The molecule has 2 amide bonds. The van der Waals surface area contributed by atoms with Crippen molar-refractivity contribution in [3.63, 3.8) is 0 Å². The number of carboxylic acids is 1. The lowest BCUT2D eigenvalue weighted by atomic mass is 9.39. The first kappa shape index (κ1) is 36.0. The molecule has 5 aliphatic rings. The Morgan fingerprint density at radius 2 is 1.76 bits per heavy atom. The number of para-hydroxylation sites is 1. The molecule has 286 valence electrons. The Balaban J connectivity index is 0.985. The predicted octanol–water partition coefficient (Wildman–Crippen LogP) is 8.57. The van der Waals surface area contributed by atoms with Crippen molar-refractivity contribution < 1.29 is 19.4 Å². The second kappa shape index (κ2) is 13.2. The van der Waals surface area contributed by atoms with E-state index in [1.807, 2.05) is 74.8 Å². The summed E-state index contributed by atoms with van der Waals surface area (Å²) in [6, 6.07) is 17.2. The van der Waals surface area contributed by atoms with Gasteiger partial charge in [-0.05, 0) is 117 Å². The molecule has 4 aliphatic carbocycles. The number of aryl methyl sites for hydroxylation is 1. The summed E-state index contributed by atoms with van der Waals surface area (Å²) in [7, 11) is 1.97. The number of ether oxygens (including phenoxy) is 1. The number of likely N-dealkylation sites (N-methyl/N-ethyl adjacent to an activating group) is 1. The van der Waals surface area contributed by atoms with Gasteiger partial charge < -0.3 is 15.2 Å². The highest BCUT2D eigenvalue weighted by molar-refractivity contribution is 7.22. The zero-order valence-electron chi connectivity index (χ0n) is 32.1. The van der Waals surface area contributed by atoms with Gasteiger partial charge in [-0.3, -0.25) is 14.9 Å². The topological polar surface area (TPSA) is 134 Å². The zero-order chi connectivity index (χ0) is 38.2. The minimum Gasteiger partial charge on any atom is -0.476 e. The van der Waals surface area contributed by atoms with E-state index in [1.165, 1.54) is 17.8 Å². The van der Waals surface area contributed by atoms with Crippen molar-refractivity contribution in [3.05, 3.63) is 77.7 Å². The van der Waals surface area contributed by atoms with E-state index in [1.54, 1.807) is 4.90 Å². The summed E-state index contributed by atoms with van der Waals surface area (Å²) in [6.45, 7) is 9.87. The number of urea groups is 1. The number of nitrogens with one attached hydrogen (secondary N) is 2. The van der Waals surface area contributed by atoms with E-state index in [4.69, 9.17) is 14.8 Å². The molecule has 10 rings (SSSR count). The highest BCUT2D eigenvalue weighted by Gasteiger charge is 2.66. The number of pyridine rings is 1. The summed E-state index contributed by atoms with van der Waals surface area (Å²) in [5.41, 5.74) is 6.65. The number of anilines is 2. The number of rotatable bonds is 10. The zero-order valence-corrected chi connectivity index (χ0v) is 32.9. The summed E-state index contributed by atoms with van der Waals surface area (Å²) >= 11 is 1.45. The van der Waals surface area contributed by atoms with Crippen molar-refractivity contribution in [3.8, 4) is 22.4 Å². The number of nitrogens with zero attached hydrogens (tertiary/aromatic N) is 5. The van der Waals surface area contributed by atoms with Crippen LogP contribution in [0.3, 0.4) is 0 Å². The molecule has 1 aliphatic heterocycles. The van der Waals surface area contributed by atoms with E-state index >= 15 is 0 Å². The van der Waals surface area contributed by atoms with E-state index in [0.29, 0.717) is 29.5 Å². The van der Waals surface area contributed by atoms with Crippen LogP contribution in [-0.2, 0) is 17.7 Å². The van der Waals surface area contributed by atoms with Crippen molar-refractivity contribution in [2.24, 2.45) is 16.2 Å². The van der Waals surface area contributed by atoms with E-state index < -0.39 is 5.97 Å². The second-order valence-corrected chi connectivity index (χ2v) is 18.6. The molecule has 2 atom stereocenters. The molecule has 4 saturated carbocycles. The highest BCUT2D eigenvalue weighted by Crippen LogP contribution is 2.72. The summed E-state index contributed by atoms with van der Waals surface area (Å²) in [5, 5.41) is 22.2. The second-order valence-electron chi connectivity index (χ2n) is 17.5. The van der Waals surface area contributed by atoms with Gasteiger partial charge >= 0.3 is 12.0 Å². The summed E-state index contributed by atoms with van der Waals surface area (Å²) in [4.78, 5) is 37.5. The standard InChI is InChI=1S/C43H49N7O4S/c1-27-31(19-45-50(27)26-42-21-40(2)20-41(3,22-42)24-43(23-40,25-42)54-17-15-44-4)30-13-14-32(46-36(30)37(51)52)29-12-11-28-8-7-16-49(34(28)18-29)39(53)48-38-47-33-9-5-6-10-35(33)55-38/h5-6,9-14,18-19,44H,7-8,15-17,20-26H2,1-4H3,(H,51,52)(H,47,48,53). The Morgan fingerprint density at radius 3 is 2.53 bits per heavy atom. The van der Waals surface area contributed by atoms with Gasteiger partial charge in [0.25, 0.3) is 0 Å². The molecule has 12 heteroatoms. The van der Waals surface area contributed by atoms with Crippen molar-refractivity contribution >= 4 is 44.4 Å². The number of benzene rings is 2. The Kier molecular flexibility index (Phi) is 8.67. The number of amides is 2. The van der Waals surface area contributed by atoms with Gasteiger partial charge in [0.05, 0.1) is 34.3 Å². The fourth-order valence-corrected chi connectivity index (χ4v) is 12.6. The number of aromatic nitrogens is 4. The van der Waals surface area contributed by atoms with Crippen LogP contribution in [0.4, 0.5) is 15.6 Å². The first-order chi connectivity index (χ1) is 26.4. The number of carbonyl (C=O) groups is 2. The van der Waals surface area contributed by atoms with Crippen LogP contribution >= 0.6 is 11.3 Å². The molecule has 3 aromatic heterocycles. The minimum atomic E-state index is -1.10. The van der Waals surface area contributed by atoms with Crippen LogP contribution in [-0.4, -0.2) is 69.2 Å². The minimum absolute atomic E-state index is 0.0185. The molecule has 2 aromatic carbocycles. The molecule has 4 bridgehead atoms. The van der Waals surface area contributed by atoms with Crippen molar-refractivity contribution in [2.45, 2.75) is 84.3 Å². The van der Waals surface area contributed by atoms with Crippen molar-refractivity contribution in [1.29, 1.82) is 0 Å². The van der Waals surface area contributed by atoms with Gasteiger partial charge in [-0.2, -0.15) is 5.10 Å². The van der Waals surface area contributed by atoms with Gasteiger partial charge in [-0.25, -0.2) is 19.6 Å². The number of carboxylic acid groups (broad SMARTS) is 1. The molecule has 3 N–H and O–H groups in total. The average molecular weight is 760 g/mol. The molecular formula is C43H49N7O4S. The van der Waals surface area contributed by atoms with Crippen LogP contribution in [0, 0.1) is 23.2 Å². The largest absolute Gasteiger partial charge is 0.476 e. The Labute approximate surface area is 325 Å². The van der Waals surface area contributed by atoms with Crippen LogP contribution in [0.15, 0.2) is 60.8 Å². The molecule has 0 spiro atoms. The Hall–Kier alpha value is -4.65. The number of hydrogen-bond acceptors (Lipinski definition) is 8. The summed E-state index contributed by atoms with van der Waals surface area (Å²) in [6.07, 6.45) is 10.3. The van der Waals surface area contributed by atoms with Gasteiger partial charge in [-0.1, -0.05) is 49.4 Å². The van der Waals surface area contributed by atoms with E-state index in [0.717, 1.165) is 96.3 Å². The van der Waals surface area contributed by atoms with Crippen LogP contribution < -0.4 is 15.5 Å². The normalized spacial score (nSPS) is 26.7. The molecular weight excluding hydrogens is 711 g/mol. The number of fused-ring (bicyclic) bond motifs is 2. The third kappa shape index (κ3) is 6.51. The van der Waals surface area contributed by atoms with Crippen molar-refractivity contribution in [2.75, 3.05) is 37.0 Å². The van der Waals surface area contributed by atoms with Crippen LogP contribution in [0.5, 0.6) is 0 Å². The molecule has 4 fully saturated rings. The maximum atomic E-state index is 13.6. The van der Waals surface area contributed by atoms with Crippen LogP contribution in [0.1, 0.15) is 80.5 Å². The summed E-state index contributed by atoms with van der Waals surface area (Å²) < 4.78 is 9.88. The smallest absolute Gasteiger partial charge is 0.355 e. The fraction of sp³-hybridized carbons (Fsp3) is 0.465. The van der Waals surface area contributed by atoms with Gasteiger partial charge in [0.15, 0.2) is 10.8 Å². The number of carbonyl (C=O) groups excluding carboxylic acids is 1. The third-order valence-electron chi connectivity index (χ3n) is 12.6. The number of hydrogen-bond donors (Lipinski definition) is 3. The van der Waals surface area contributed by atoms with Gasteiger partial charge in [0.2, 0.25) is 0 Å². The summed E-state index contributed by atoms with van der Waals surface area (Å²) in [5.74, 6) is -1.10. The van der Waals surface area contributed by atoms with E-state index in [2.05, 4.69) is 34.1 Å². The Bertz CT molecular complexity index is 2280.